The molecule has 0 saturated carbocycles. The van der Waals surface area contributed by atoms with Gasteiger partial charge < -0.3 is 24.2 Å². The monoisotopic (exact) mass is 421 g/mol. The number of aliphatic hydroxyl groups is 1. The fourth-order valence-electron chi connectivity index (χ4n) is 2.43. The van der Waals surface area contributed by atoms with E-state index in [1.54, 1.807) is 7.11 Å². The minimum absolute atomic E-state index is 0.0623. The predicted molar refractivity (Wildman–Crippen MR) is 82.0 cm³/mol. The third kappa shape index (κ3) is 2.20. The number of halogens is 2. The molecule has 2 atom stereocenters. The molecule has 21 heavy (non-hydrogen) atoms. The molecule has 0 spiro atoms. The number of nitrogens with zero attached hydrogens (tertiary/aromatic N) is 1. The topological polar surface area (TPSA) is 69.5 Å². The standard InChI is InChI=1S/C13H13Br2NO5/c1-5-6(3-17)16-21-10(5)7-8(14)11(18-2)13-12(9(7)15)19-4-20-13/h5,10,17H,3-4H2,1-2H3/t5-,10-/m0/s1. The summed E-state index contributed by atoms with van der Waals surface area (Å²) >= 11 is 7.08. The summed E-state index contributed by atoms with van der Waals surface area (Å²) in [5, 5.41) is 13.2. The molecule has 114 valence electrons. The van der Waals surface area contributed by atoms with E-state index >= 15 is 0 Å². The van der Waals surface area contributed by atoms with E-state index in [1.165, 1.54) is 0 Å². The van der Waals surface area contributed by atoms with Crippen LogP contribution in [-0.4, -0.2) is 31.3 Å². The second-order valence-corrected chi connectivity index (χ2v) is 6.28. The molecule has 2 heterocycles. The minimum Gasteiger partial charge on any atom is -0.492 e. The second-order valence-electron chi connectivity index (χ2n) is 4.70. The van der Waals surface area contributed by atoms with Crippen LogP contribution in [0.25, 0.3) is 0 Å². The van der Waals surface area contributed by atoms with Gasteiger partial charge in [0, 0.05) is 11.5 Å². The third-order valence-corrected chi connectivity index (χ3v) is 5.18. The molecule has 1 N–H and O–H groups in total. The molecule has 1 aromatic rings. The largest absolute Gasteiger partial charge is 0.492 e. The Bertz CT molecular complexity index is 619. The lowest BCUT2D eigenvalue weighted by Gasteiger charge is -2.20. The molecule has 0 bridgehead atoms. The molecule has 0 aromatic heterocycles. The maximum absolute atomic E-state index is 9.29. The predicted octanol–water partition coefficient (Wildman–Crippen LogP) is 3.00. The summed E-state index contributed by atoms with van der Waals surface area (Å²) < 4.78 is 17.8. The van der Waals surface area contributed by atoms with Crippen LogP contribution < -0.4 is 14.2 Å². The summed E-state index contributed by atoms with van der Waals surface area (Å²) in [6.45, 7) is 1.96. The van der Waals surface area contributed by atoms with Gasteiger partial charge >= 0.3 is 0 Å². The summed E-state index contributed by atoms with van der Waals surface area (Å²) in [4.78, 5) is 5.49. The van der Waals surface area contributed by atoms with Crippen LogP contribution in [0, 0.1) is 5.92 Å². The lowest BCUT2D eigenvalue weighted by molar-refractivity contribution is 0.0638. The van der Waals surface area contributed by atoms with Crippen molar-refractivity contribution in [2.24, 2.45) is 11.1 Å². The second kappa shape index (κ2) is 5.66. The van der Waals surface area contributed by atoms with Crippen LogP contribution in [0.5, 0.6) is 17.2 Å². The van der Waals surface area contributed by atoms with Gasteiger partial charge in [0.15, 0.2) is 17.6 Å². The van der Waals surface area contributed by atoms with Crippen LogP contribution >= 0.6 is 31.9 Å². The van der Waals surface area contributed by atoms with Gasteiger partial charge in [-0.05, 0) is 31.9 Å². The average Bonchev–Trinajstić information content (AvgIpc) is 3.08. The van der Waals surface area contributed by atoms with Gasteiger partial charge in [-0.25, -0.2) is 0 Å². The van der Waals surface area contributed by atoms with Crippen LogP contribution in [-0.2, 0) is 4.84 Å². The van der Waals surface area contributed by atoms with E-state index < -0.39 is 0 Å². The van der Waals surface area contributed by atoms with Gasteiger partial charge in [-0.1, -0.05) is 12.1 Å². The first-order chi connectivity index (χ1) is 10.1. The Kier molecular flexibility index (Phi) is 4.02. The minimum atomic E-state index is -0.348. The Morgan fingerprint density at radius 2 is 2.00 bits per heavy atom. The maximum Gasteiger partial charge on any atom is 0.231 e. The highest BCUT2D eigenvalue weighted by molar-refractivity contribution is 9.11. The molecule has 2 aliphatic heterocycles. The average molecular weight is 423 g/mol. The van der Waals surface area contributed by atoms with Crippen molar-refractivity contribution in [3.8, 4) is 17.2 Å². The first-order valence-corrected chi connectivity index (χ1v) is 7.86. The highest BCUT2D eigenvalue weighted by atomic mass is 79.9. The molecule has 2 aliphatic rings. The smallest absolute Gasteiger partial charge is 0.231 e. The van der Waals surface area contributed by atoms with Crippen LogP contribution in [0.3, 0.4) is 0 Å². The first-order valence-electron chi connectivity index (χ1n) is 6.28. The Labute approximate surface area is 138 Å². The van der Waals surface area contributed by atoms with E-state index in [2.05, 4.69) is 37.0 Å². The molecular formula is C13H13Br2NO5. The molecule has 0 radical (unpaired) electrons. The van der Waals surface area contributed by atoms with E-state index in [0.29, 0.717) is 27.4 Å². The summed E-state index contributed by atoms with van der Waals surface area (Å²) in [6.07, 6.45) is -0.348. The molecule has 3 rings (SSSR count). The van der Waals surface area contributed by atoms with E-state index in [1.807, 2.05) is 6.92 Å². The summed E-state index contributed by atoms with van der Waals surface area (Å²) in [5.41, 5.74) is 1.42. The van der Waals surface area contributed by atoms with Crippen molar-refractivity contribution in [1.29, 1.82) is 0 Å². The lowest BCUT2D eigenvalue weighted by atomic mass is 9.93. The molecule has 8 heteroatoms. The van der Waals surface area contributed by atoms with Crippen molar-refractivity contribution in [3.05, 3.63) is 14.5 Å². The number of benzene rings is 1. The van der Waals surface area contributed by atoms with Gasteiger partial charge in [0.05, 0.1) is 28.4 Å². The van der Waals surface area contributed by atoms with Gasteiger partial charge in [0.1, 0.15) is 0 Å². The van der Waals surface area contributed by atoms with Crippen LogP contribution in [0.4, 0.5) is 0 Å². The molecule has 0 fully saturated rings. The van der Waals surface area contributed by atoms with Crippen molar-refractivity contribution < 1.29 is 24.2 Å². The lowest BCUT2D eigenvalue weighted by Crippen LogP contribution is -2.17. The number of hydrogen-bond acceptors (Lipinski definition) is 6. The number of hydrogen-bond donors (Lipinski definition) is 1. The maximum atomic E-state index is 9.29. The summed E-state index contributed by atoms with van der Waals surface area (Å²) in [6, 6.07) is 0. The van der Waals surface area contributed by atoms with Crippen LogP contribution in [0.15, 0.2) is 14.1 Å². The first kappa shape index (κ1) is 14.9. The van der Waals surface area contributed by atoms with Crippen molar-refractivity contribution in [2.45, 2.75) is 13.0 Å². The highest BCUT2D eigenvalue weighted by Gasteiger charge is 2.39. The molecule has 0 unspecified atom stereocenters. The van der Waals surface area contributed by atoms with E-state index in [9.17, 15) is 5.11 Å². The Balaban J connectivity index is 2.12. The SMILES string of the molecule is COc1c(Br)c([C@H]2ON=C(CO)[C@@H]2C)c(Br)c2c1OCO2. The summed E-state index contributed by atoms with van der Waals surface area (Å²) in [7, 11) is 1.56. The Morgan fingerprint density at radius 3 is 2.62 bits per heavy atom. The number of oxime groups is 1. The van der Waals surface area contributed by atoms with Gasteiger partial charge in [-0.3, -0.25) is 0 Å². The molecule has 0 saturated heterocycles. The Hall–Kier alpha value is -0.990. The van der Waals surface area contributed by atoms with E-state index in [-0.39, 0.29) is 25.4 Å². The highest BCUT2D eigenvalue weighted by Crippen LogP contribution is 2.55. The third-order valence-electron chi connectivity index (χ3n) is 3.60. The van der Waals surface area contributed by atoms with Crippen molar-refractivity contribution in [2.75, 3.05) is 20.5 Å². The van der Waals surface area contributed by atoms with Gasteiger partial charge in [0.25, 0.3) is 0 Å². The molecule has 0 amide bonds. The number of ether oxygens (including phenoxy) is 3. The quantitative estimate of drug-likeness (QED) is 0.810. The summed E-state index contributed by atoms with van der Waals surface area (Å²) in [5.74, 6) is 1.62. The number of aliphatic hydroxyl groups excluding tert-OH is 1. The van der Waals surface area contributed by atoms with Gasteiger partial charge in [-0.2, -0.15) is 0 Å². The number of rotatable bonds is 3. The molecule has 6 nitrogen and oxygen atoms in total. The van der Waals surface area contributed by atoms with Gasteiger partial charge in [0.2, 0.25) is 12.5 Å². The normalized spacial score (nSPS) is 23.0. The fourth-order valence-corrected chi connectivity index (χ4v) is 4.18. The van der Waals surface area contributed by atoms with E-state index in [0.717, 1.165) is 10.0 Å². The molecule has 1 aromatic carbocycles. The van der Waals surface area contributed by atoms with Crippen molar-refractivity contribution >= 4 is 37.6 Å². The van der Waals surface area contributed by atoms with Gasteiger partial charge in [-0.15, -0.1) is 0 Å². The zero-order valence-corrected chi connectivity index (χ0v) is 14.5. The van der Waals surface area contributed by atoms with E-state index in [4.69, 9.17) is 19.0 Å². The van der Waals surface area contributed by atoms with Crippen molar-refractivity contribution in [1.82, 2.24) is 0 Å². The van der Waals surface area contributed by atoms with Crippen LogP contribution in [0.2, 0.25) is 0 Å². The fraction of sp³-hybridized carbons (Fsp3) is 0.462. The Morgan fingerprint density at radius 1 is 1.29 bits per heavy atom. The molecular weight excluding hydrogens is 410 g/mol. The number of methoxy groups -OCH3 is 1. The zero-order valence-electron chi connectivity index (χ0n) is 11.4. The van der Waals surface area contributed by atoms with Crippen LogP contribution in [0.1, 0.15) is 18.6 Å². The zero-order chi connectivity index (χ0) is 15.1. The number of fused-ring (bicyclic) bond motifs is 1. The van der Waals surface area contributed by atoms with Crippen molar-refractivity contribution in [3.63, 3.8) is 0 Å². The molecule has 0 aliphatic carbocycles.